The molecule has 0 spiro atoms. The number of nitrogens with zero attached hydrogens (tertiary/aromatic N) is 1. The van der Waals surface area contributed by atoms with E-state index < -0.39 is 12.0 Å². The number of aliphatic carboxylic acids is 1. The molecular weight excluding hydrogens is 227 g/mol. The number of hydrogen-bond donors (Lipinski definition) is 2. The van der Waals surface area contributed by atoms with Crippen LogP contribution in [0.1, 0.15) is 18.0 Å². The fourth-order valence-corrected chi connectivity index (χ4v) is 1.50. The zero-order valence-corrected chi connectivity index (χ0v) is 8.59. The molecule has 76 valence electrons. The minimum atomic E-state index is -0.983. The van der Waals surface area contributed by atoms with Gasteiger partial charge >= 0.3 is 5.97 Å². The summed E-state index contributed by atoms with van der Waals surface area (Å²) in [6, 6.07) is 0.768. The molecule has 1 atom stereocenters. The summed E-state index contributed by atoms with van der Waals surface area (Å²) in [5.74, 6) is -0.983. The van der Waals surface area contributed by atoms with Crippen LogP contribution in [0.2, 0.25) is 10.2 Å². The fraction of sp³-hybridized carbons (Fsp3) is 0.250. The van der Waals surface area contributed by atoms with Crippen molar-refractivity contribution in [1.82, 2.24) is 4.98 Å². The molecule has 1 unspecified atom stereocenters. The second kappa shape index (κ2) is 4.59. The molecule has 1 aromatic rings. The van der Waals surface area contributed by atoms with Crippen molar-refractivity contribution in [3.63, 3.8) is 0 Å². The van der Waals surface area contributed by atoms with Gasteiger partial charge in [-0.25, -0.2) is 4.98 Å². The van der Waals surface area contributed by atoms with Gasteiger partial charge in [0, 0.05) is 22.8 Å². The number of aromatic nitrogens is 1. The average Bonchev–Trinajstić information content (AvgIpc) is 2.01. The average molecular weight is 235 g/mol. The van der Waals surface area contributed by atoms with E-state index in [9.17, 15) is 4.79 Å². The monoisotopic (exact) mass is 234 g/mol. The van der Waals surface area contributed by atoms with Gasteiger partial charge in [-0.15, -0.1) is 0 Å². The molecule has 4 nitrogen and oxygen atoms in total. The van der Waals surface area contributed by atoms with Gasteiger partial charge in [-0.3, -0.25) is 4.79 Å². The Labute approximate surface area is 90.6 Å². The summed E-state index contributed by atoms with van der Waals surface area (Å²) in [7, 11) is 0. The van der Waals surface area contributed by atoms with Gasteiger partial charge in [0.25, 0.3) is 0 Å². The maximum absolute atomic E-state index is 10.4. The summed E-state index contributed by atoms with van der Waals surface area (Å²) in [6.07, 6.45) is 1.20. The maximum Gasteiger partial charge on any atom is 0.305 e. The van der Waals surface area contributed by atoms with Gasteiger partial charge in [0.15, 0.2) is 0 Å². The van der Waals surface area contributed by atoms with E-state index >= 15 is 0 Å². The van der Waals surface area contributed by atoms with Gasteiger partial charge in [-0.05, 0) is 6.07 Å². The third-order valence-corrected chi connectivity index (χ3v) is 2.18. The molecule has 0 aliphatic heterocycles. The molecule has 0 aromatic carbocycles. The molecule has 6 heteroatoms. The van der Waals surface area contributed by atoms with Crippen molar-refractivity contribution in [2.24, 2.45) is 5.73 Å². The van der Waals surface area contributed by atoms with E-state index in [1.54, 1.807) is 0 Å². The predicted octanol–water partition coefficient (Wildman–Crippen LogP) is 1.86. The van der Waals surface area contributed by atoms with Crippen molar-refractivity contribution in [3.05, 3.63) is 28.0 Å². The highest BCUT2D eigenvalue weighted by atomic mass is 35.5. The van der Waals surface area contributed by atoms with E-state index in [4.69, 9.17) is 34.0 Å². The molecule has 0 fully saturated rings. The molecule has 1 heterocycles. The van der Waals surface area contributed by atoms with Gasteiger partial charge in [0.1, 0.15) is 5.15 Å². The Kier molecular flexibility index (Phi) is 3.69. The zero-order valence-electron chi connectivity index (χ0n) is 7.08. The smallest absolute Gasteiger partial charge is 0.305 e. The first-order valence-electron chi connectivity index (χ1n) is 3.79. The van der Waals surface area contributed by atoms with Crippen molar-refractivity contribution >= 4 is 29.2 Å². The highest BCUT2D eigenvalue weighted by Crippen LogP contribution is 2.24. The van der Waals surface area contributed by atoms with Crippen LogP contribution >= 0.6 is 23.2 Å². The predicted molar refractivity (Wildman–Crippen MR) is 53.4 cm³/mol. The highest BCUT2D eigenvalue weighted by Gasteiger charge is 2.14. The summed E-state index contributed by atoms with van der Waals surface area (Å²) >= 11 is 11.4. The van der Waals surface area contributed by atoms with Crippen molar-refractivity contribution in [1.29, 1.82) is 0 Å². The molecule has 14 heavy (non-hydrogen) atoms. The largest absolute Gasteiger partial charge is 0.481 e. The quantitative estimate of drug-likeness (QED) is 0.784. The number of hydrogen-bond acceptors (Lipinski definition) is 3. The Morgan fingerprint density at radius 2 is 2.29 bits per heavy atom. The Balaban J connectivity index is 2.90. The number of carboxylic acids is 1. The van der Waals surface area contributed by atoms with Crippen LogP contribution in [0, 0.1) is 0 Å². The first kappa shape index (κ1) is 11.2. The third kappa shape index (κ3) is 2.83. The molecule has 0 aliphatic rings. The van der Waals surface area contributed by atoms with Gasteiger partial charge in [-0.2, -0.15) is 0 Å². The number of pyridine rings is 1. The number of nitrogens with two attached hydrogens (primary N) is 1. The van der Waals surface area contributed by atoms with Gasteiger partial charge < -0.3 is 10.8 Å². The lowest BCUT2D eigenvalue weighted by molar-refractivity contribution is -0.137. The number of carbonyl (C=O) groups is 1. The van der Waals surface area contributed by atoms with Crippen LogP contribution in [0.3, 0.4) is 0 Å². The maximum atomic E-state index is 10.4. The Morgan fingerprint density at radius 1 is 1.64 bits per heavy atom. The summed E-state index contributed by atoms with van der Waals surface area (Å²) in [4.78, 5) is 14.2. The minimum Gasteiger partial charge on any atom is -0.481 e. The van der Waals surface area contributed by atoms with Crippen molar-refractivity contribution in [2.75, 3.05) is 0 Å². The van der Waals surface area contributed by atoms with E-state index in [-0.39, 0.29) is 11.6 Å². The molecule has 1 aromatic heterocycles. The third-order valence-electron chi connectivity index (χ3n) is 1.64. The second-order valence-corrected chi connectivity index (χ2v) is 3.53. The number of halogens is 2. The van der Waals surface area contributed by atoms with Crippen molar-refractivity contribution in [3.8, 4) is 0 Å². The van der Waals surface area contributed by atoms with Gasteiger partial charge in [0.05, 0.1) is 6.42 Å². The van der Waals surface area contributed by atoms with Crippen LogP contribution in [0.15, 0.2) is 12.3 Å². The lowest BCUT2D eigenvalue weighted by Gasteiger charge is -2.10. The van der Waals surface area contributed by atoms with Crippen LogP contribution < -0.4 is 5.73 Å². The van der Waals surface area contributed by atoms with Gasteiger partial charge in [0.2, 0.25) is 0 Å². The second-order valence-electron chi connectivity index (χ2n) is 2.73. The number of rotatable bonds is 3. The molecule has 0 saturated heterocycles. The van der Waals surface area contributed by atoms with Crippen molar-refractivity contribution < 1.29 is 9.90 Å². The number of carboxylic acid groups (broad SMARTS) is 1. The van der Waals surface area contributed by atoms with Crippen LogP contribution in [0.25, 0.3) is 0 Å². The Morgan fingerprint density at radius 3 is 2.79 bits per heavy atom. The first-order chi connectivity index (χ1) is 6.50. The SMILES string of the molecule is NC(CC(=O)O)c1cnc(Cl)cc1Cl. The summed E-state index contributed by atoms with van der Waals surface area (Å²) in [5, 5.41) is 9.10. The molecule has 1 rings (SSSR count). The molecule has 3 N–H and O–H groups in total. The topological polar surface area (TPSA) is 76.2 Å². The van der Waals surface area contributed by atoms with Crippen LogP contribution in [0.5, 0.6) is 0 Å². The van der Waals surface area contributed by atoms with Crippen LogP contribution in [-0.2, 0) is 4.79 Å². The standard InChI is InChI=1S/C8H8Cl2N2O2/c9-5-1-7(10)12-3-4(5)6(11)2-8(13)14/h1,3,6H,2,11H2,(H,13,14). The summed E-state index contributed by atoms with van der Waals surface area (Å²) < 4.78 is 0. The Hall–Kier alpha value is -0.840. The summed E-state index contributed by atoms with van der Waals surface area (Å²) in [5.41, 5.74) is 6.08. The van der Waals surface area contributed by atoms with Gasteiger partial charge in [-0.1, -0.05) is 23.2 Å². The van der Waals surface area contributed by atoms with Crippen LogP contribution in [-0.4, -0.2) is 16.1 Å². The van der Waals surface area contributed by atoms with E-state index in [1.807, 2.05) is 0 Å². The minimum absolute atomic E-state index is 0.191. The summed E-state index contributed by atoms with van der Waals surface area (Å²) in [6.45, 7) is 0. The van der Waals surface area contributed by atoms with E-state index in [0.717, 1.165) is 0 Å². The lowest BCUT2D eigenvalue weighted by Crippen LogP contribution is -2.15. The lowest BCUT2D eigenvalue weighted by atomic mass is 10.1. The van der Waals surface area contributed by atoms with E-state index in [0.29, 0.717) is 10.6 Å². The Bertz CT molecular complexity index is 357. The molecule has 0 saturated carbocycles. The molecule has 0 radical (unpaired) electrons. The molecule has 0 aliphatic carbocycles. The molecule has 0 amide bonds. The highest BCUT2D eigenvalue weighted by molar-refractivity contribution is 6.34. The van der Waals surface area contributed by atoms with E-state index in [1.165, 1.54) is 12.3 Å². The molecular formula is C8H8Cl2N2O2. The normalized spacial score (nSPS) is 12.5. The van der Waals surface area contributed by atoms with E-state index in [2.05, 4.69) is 4.98 Å². The van der Waals surface area contributed by atoms with Crippen LogP contribution in [0.4, 0.5) is 0 Å². The zero-order chi connectivity index (χ0) is 10.7. The first-order valence-corrected chi connectivity index (χ1v) is 4.54. The van der Waals surface area contributed by atoms with Crippen molar-refractivity contribution in [2.45, 2.75) is 12.5 Å². The fourth-order valence-electron chi connectivity index (χ4n) is 0.989. The molecule has 0 bridgehead atoms.